The number of carboxylic acid groups (broad SMARTS) is 1. The van der Waals surface area contributed by atoms with Crippen molar-refractivity contribution in [3.8, 4) is 0 Å². The minimum Gasteiger partial charge on any atom is -0.477 e. The van der Waals surface area contributed by atoms with Crippen LogP contribution in [-0.2, 0) is 10.0 Å². The van der Waals surface area contributed by atoms with Gasteiger partial charge in [-0.25, -0.2) is 17.9 Å². The zero-order valence-corrected chi connectivity index (χ0v) is 13.4. The lowest BCUT2D eigenvalue weighted by Gasteiger charge is -2.11. The number of rotatable bonds is 6. The third kappa shape index (κ3) is 3.56. The molecular weight excluding hydrogens is 354 g/mol. The number of carbonyl (C=O) groups is 1. The maximum Gasteiger partial charge on any atom is 0.345 e. The van der Waals surface area contributed by atoms with Crippen molar-refractivity contribution in [3.63, 3.8) is 0 Å². The fourth-order valence-corrected chi connectivity index (χ4v) is 5.34. The molecule has 106 valence electrons. The Balaban J connectivity index is 2.12. The molecule has 0 radical (unpaired) electrons. The molecule has 2 rings (SSSR count). The van der Waals surface area contributed by atoms with Crippen LogP contribution in [0, 0.1) is 11.8 Å². The molecule has 8 heteroatoms. The smallest absolute Gasteiger partial charge is 0.345 e. The summed E-state index contributed by atoms with van der Waals surface area (Å²) in [6.07, 6.45) is 2.32. The van der Waals surface area contributed by atoms with Crippen LogP contribution in [-0.4, -0.2) is 26.0 Å². The van der Waals surface area contributed by atoms with Crippen LogP contribution >= 0.6 is 27.3 Å². The SMILES string of the molecule is CC(CNS(=O)(=O)c1cc(C(=O)O)sc1Br)C1CC1. The minimum absolute atomic E-state index is 0.00195. The van der Waals surface area contributed by atoms with Crippen molar-refractivity contribution in [1.29, 1.82) is 0 Å². The van der Waals surface area contributed by atoms with Crippen LogP contribution in [0.15, 0.2) is 14.7 Å². The summed E-state index contributed by atoms with van der Waals surface area (Å²) < 4.78 is 27.1. The van der Waals surface area contributed by atoms with Gasteiger partial charge in [-0.3, -0.25) is 0 Å². The molecule has 1 aromatic rings. The lowest BCUT2D eigenvalue weighted by molar-refractivity contribution is 0.0702. The second kappa shape index (κ2) is 5.51. The van der Waals surface area contributed by atoms with E-state index in [4.69, 9.17) is 5.11 Å². The number of hydrogen-bond acceptors (Lipinski definition) is 4. The number of sulfonamides is 1. The Morgan fingerprint density at radius 2 is 2.26 bits per heavy atom. The van der Waals surface area contributed by atoms with E-state index in [1.54, 1.807) is 0 Å². The highest BCUT2D eigenvalue weighted by Crippen LogP contribution is 2.36. The van der Waals surface area contributed by atoms with Gasteiger partial charge in [0.15, 0.2) is 0 Å². The zero-order valence-electron chi connectivity index (χ0n) is 10.2. The fourth-order valence-electron chi connectivity index (χ4n) is 1.79. The Morgan fingerprint density at radius 3 is 2.74 bits per heavy atom. The first-order valence-corrected chi connectivity index (χ1v) is 8.93. The van der Waals surface area contributed by atoms with Crippen LogP contribution < -0.4 is 4.72 Å². The van der Waals surface area contributed by atoms with Gasteiger partial charge in [0.25, 0.3) is 0 Å². The van der Waals surface area contributed by atoms with Crippen LogP contribution in [0.2, 0.25) is 0 Å². The topological polar surface area (TPSA) is 83.5 Å². The summed E-state index contributed by atoms with van der Waals surface area (Å²) in [6.45, 7) is 2.41. The van der Waals surface area contributed by atoms with Crippen molar-refractivity contribution in [2.75, 3.05) is 6.54 Å². The number of hydrogen-bond donors (Lipinski definition) is 2. The number of halogens is 1. The molecule has 0 bridgehead atoms. The zero-order chi connectivity index (χ0) is 14.2. The van der Waals surface area contributed by atoms with E-state index in [1.807, 2.05) is 6.92 Å². The van der Waals surface area contributed by atoms with Crippen molar-refractivity contribution in [2.45, 2.75) is 24.7 Å². The molecule has 1 aliphatic rings. The van der Waals surface area contributed by atoms with E-state index in [0.29, 0.717) is 22.2 Å². The van der Waals surface area contributed by atoms with Gasteiger partial charge in [0.1, 0.15) is 9.77 Å². The lowest BCUT2D eigenvalue weighted by atomic mass is 10.1. The van der Waals surface area contributed by atoms with Gasteiger partial charge in [0, 0.05) is 6.54 Å². The maximum absolute atomic E-state index is 12.1. The first kappa shape index (κ1) is 15.0. The summed E-state index contributed by atoms with van der Waals surface area (Å²) in [6, 6.07) is 1.18. The minimum atomic E-state index is -3.65. The molecule has 0 saturated heterocycles. The summed E-state index contributed by atoms with van der Waals surface area (Å²) in [5.41, 5.74) is 0. The van der Waals surface area contributed by atoms with Gasteiger partial charge in [0.2, 0.25) is 10.0 Å². The van der Waals surface area contributed by atoms with Crippen LogP contribution in [0.3, 0.4) is 0 Å². The first-order valence-electron chi connectivity index (χ1n) is 5.83. The van der Waals surface area contributed by atoms with Gasteiger partial charge in [0.05, 0.1) is 3.79 Å². The Kier molecular flexibility index (Phi) is 4.34. The van der Waals surface area contributed by atoms with E-state index in [1.165, 1.54) is 6.07 Å². The average molecular weight is 368 g/mol. The van der Waals surface area contributed by atoms with Crippen LogP contribution in [0.25, 0.3) is 0 Å². The summed E-state index contributed by atoms with van der Waals surface area (Å²) in [5, 5.41) is 8.86. The molecule has 1 atom stereocenters. The Bertz CT molecular complexity index is 592. The first-order chi connectivity index (χ1) is 8.81. The van der Waals surface area contributed by atoms with Gasteiger partial charge >= 0.3 is 5.97 Å². The van der Waals surface area contributed by atoms with E-state index in [9.17, 15) is 13.2 Å². The van der Waals surface area contributed by atoms with Gasteiger partial charge in [-0.1, -0.05) is 6.92 Å². The number of aromatic carboxylic acids is 1. The molecule has 19 heavy (non-hydrogen) atoms. The van der Waals surface area contributed by atoms with E-state index >= 15 is 0 Å². The Hall–Kier alpha value is -0.440. The highest BCUT2D eigenvalue weighted by atomic mass is 79.9. The summed E-state index contributed by atoms with van der Waals surface area (Å²) in [5.74, 6) is -0.201. The summed E-state index contributed by atoms with van der Waals surface area (Å²) in [4.78, 5) is 10.8. The van der Waals surface area contributed by atoms with Gasteiger partial charge < -0.3 is 5.11 Å². The predicted molar refractivity (Wildman–Crippen MR) is 76.1 cm³/mol. The van der Waals surface area contributed by atoms with E-state index in [0.717, 1.165) is 24.2 Å². The molecule has 1 unspecified atom stereocenters. The van der Waals surface area contributed by atoms with E-state index in [-0.39, 0.29) is 9.77 Å². The molecule has 1 aromatic heterocycles. The standard InChI is InChI=1S/C11H14BrNO4S2/c1-6(7-2-3-7)5-13-19(16,17)9-4-8(11(14)15)18-10(9)12/h4,6-7,13H,2-3,5H2,1H3,(H,14,15). The molecule has 1 saturated carbocycles. The van der Waals surface area contributed by atoms with Crippen molar-refractivity contribution in [3.05, 3.63) is 14.7 Å². The van der Waals surface area contributed by atoms with Crippen molar-refractivity contribution in [1.82, 2.24) is 4.72 Å². The monoisotopic (exact) mass is 367 g/mol. The van der Waals surface area contributed by atoms with Gasteiger partial charge in [-0.2, -0.15) is 0 Å². The average Bonchev–Trinajstić information content (AvgIpc) is 3.09. The van der Waals surface area contributed by atoms with Crippen molar-refractivity contribution in [2.24, 2.45) is 11.8 Å². The molecule has 0 aliphatic heterocycles. The normalized spacial score (nSPS) is 17.4. The van der Waals surface area contributed by atoms with E-state index in [2.05, 4.69) is 20.7 Å². The molecule has 2 N–H and O–H groups in total. The third-order valence-electron chi connectivity index (χ3n) is 3.18. The maximum atomic E-state index is 12.1. The van der Waals surface area contributed by atoms with E-state index < -0.39 is 16.0 Å². The Labute approximate surface area is 124 Å². The molecule has 0 spiro atoms. The summed E-state index contributed by atoms with van der Waals surface area (Å²) >= 11 is 4.01. The van der Waals surface area contributed by atoms with Crippen LogP contribution in [0.5, 0.6) is 0 Å². The predicted octanol–water partition coefficient (Wildman–Crippen LogP) is 2.53. The van der Waals surface area contributed by atoms with Crippen molar-refractivity contribution >= 4 is 43.3 Å². The van der Waals surface area contributed by atoms with Crippen LogP contribution in [0.4, 0.5) is 0 Å². The molecule has 0 amide bonds. The van der Waals surface area contributed by atoms with Gasteiger partial charge in [-0.05, 0) is 46.7 Å². The Morgan fingerprint density at radius 1 is 1.63 bits per heavy atom. The number of carboxylic acids is 1. The lowest BCUT2D eigenvalue weighted by Crippen LogP contribution is -2.29. The van der Waals surface area contributed by atoms with Crippen LogP contribution in [0.1, 0.15) is 29.4 Å². The second-order valence-electron chi connectivity index (χ2n) is 4.72. The molecule has 5 nitrogen and oxygen atoms in total. The largest absolute Gasteiger partial charge is 0.477 e. The molecule has 1 fully saturated rings. The molecular formula is C11H14BrNO4S2. The van der Waals surface area contributed by atoms with Gasteiger partial charge in [-0.15, -0.1) is 11.3 Å². The molecule has 0 aromatic carbocycles. The molecule has 1 aliphatic carbocycles. The molecule has 1 heterocycles. The quantitative estimate of drug-likeness (QED) is 0.808. The highest BCUT2D eigenvalue weighted by Gasteiger charge is 2.30. The summed E-state index contributed by atoms with van der Waals surface area (Å²) in [7, 11) is -3.65. The third-order valence-corrected chi connectivity index (χ3v) is 6.84. The van der Waals surface area contributed by atoms with Crippen molar-refractivity contribution < 1.29 is 18.3 Å². The fraction of sp³-hybridized carbons (Fsp3) is 0.545. The number of thiophene rings is 1. The highest BCUT2D eigenvalue weighted by molar-refractivity contribution is 9.11. The number of nitrogens with one attached hydrogen (secondary N) is 1. The second-order valence-corrected chi connectivity index (χ2v) is 8.83.